The van der Waals surface area contributed by atoms with Gasteiger partial charge in [-0.3, -0.25) is 4.79 Å². The predicted molar refractivity (Wildman–Crippen MR) is 123 cm³/mol. The quantitative estimate of drug-likeness (QED) is 0.476. The van der Waals surface area contributed by atoms with Crippen LogP contribution in [0.25, 0.3) is 11.1 Å². The molecule has 2 aromatic carbocycles. The molecule has 0 saturated heterocycles. The Kier molecular flexibility index (Phi) is 5.77. The predicted octanol–water partition coefficient (Wildman–Crippen LogP) is 2.65. The Hall–Kier alpha value is -3.39. The highest BCUT2D eigenvalue weighted by atomic mass is 16.5. The smallest absolute Gasteiger partial charge is 0.407 e. The molecule has 0 bridgehead atoms. The molecule has 8 nitrogen and oxygen atoms in total. The van der Waals surface area contributed by atoms with Gasteiger partial charge < -0.3 is 25.6 Å². The molecule has 2 fully saturated rings. The maximum absolute atomic E-state index is 12.6. The lowest BCUT2D eigenvalue weighted by Gasteiger charge is -2.19. The molecule has 2 saturated carbocycles. The average Bonchev–Trinajstić information content (AvgIpc) is 3.26. The number of aliphatic carboxylic acids is 1. The topological polar surface area (TPSA) is 125 Å². The second-order valence-electron chi connectivity index (χ2n) is 9.56. The van der Waals surface area contributed by atoms with Gasteiger partial charge in [0.05, 0.1) is 5.41 Å². The first kappa shape index (κ1) is 22.4. The number of hydrogen-bond donors (Lipinski definition) is 4. The fraction of sp³-hybridized carbons (Fsp3) is 0.423. The lowest BCUT2D eigenvalue weighted by Crippen LogP contribution is -2.39. The van der Waals surface area contributed by atoms with Gasteiger partial charge in [-0.05, 0) is 47.4 Å². The van der Waals surface area contributed by atoms with Gasteiger partial charge >= 0.3 is 12.1 Å². The van der Waals surface area contributed by atoms with Crippen LogP contribution < -0.4 is 10.6 Å². The Morgan fingerprint density at radius 3 is 2.32 bits per heavy atom. The molecule has 0 radical (unpaired) electrons. The maximum Gasteiger partial charge on any atom is 0.407 e. The van der Waals surface area contributed by atoms with Crippen LogP contribution in [-0.2, 0) is 14.3 Å². The third kappa shape index (κ3) is 4.03. The maximum atomic E-state index is 12.6. The number of fused-ring (bicyclic) bond motifs is 4. The van der Waals surface area contributed by atoms with E-state index in [0.29, 0.717) is 6.42 Å². The highest BCUT2D eigenvalue weighted by Gasteiger charge is 2.65. The number of carbonyl (C=O) groups excluding carboxylic acids is 2. The van der Waals surface area contributed by atoms with E-state index >= 15 is 0 Å². The SMILES string of the molecule is O=C(N[C@H]1C[C@@H]2C[C@]2(C(=O)NCCC(O)C(=O)O)C1)OCC1c2ccccc2-c2ccccc21. The number of rotatable bonds is 8. The summed E-state index contributed by atoms with van der Waals surface area (Å²) in [5.74, 6) is -1.24. The Labute approximate surface area is 197 Å². The molecule has 3 aliphatic carbocycles. The lowest BCUT2D eigenvalue weighted by atomic mass is 9.98. The van der Waals surface area contributed by atoms with Crippen LogP contribution in [0.5, 0.6) is 0 Å². The van der Waals surface area contributed by atoms with Gasteiger partial charge in [0, 0.05) is 24.9 Å². The van der Waals surface area contributed by atoms with Crippen molar-refractivity contribution < 1.29 is 29.3 Å². The zero-order chi connectivity index (χ0) is 23.9. The van der Waals surface area contributed by atoms with Crippen molar-refractivity contribution in [3.63, 3.8) is 0 Å². The van der Waals surface area contributed by atoms with Crippen molar-refractivity contribution in [3.8, 4) is 11.1 Å². The molecule has 1 unspecified atom stereocenters. The highest BCUT2D eigenvalue weighted by molar-refractivity contribution is 5.87. The molecule has 34 heavy (non-hydrogen) atoms. The number of carboxylic acids is 1. The van der Waals surface area contributed by atoms with Crippen LogP contribution in [0.2, 0.25) is 0 Å². The highest BCUT2D eigenvalue weighted by Crippen LogP contribution is 2.63. The molecular weight excluding hydrogens is 436 g/mol. The van der Waals surface area contributed by atoms with Gasteiger partial charge in [0.25, 0.3) is 0 Å². The Morgan fingerprint density at radius 1 is 1.03 bits per heavy atom. The van der Waals surface area contributed by atoms with Crippen LogP contribution in [0, 0.1) is 11.3 Å². The van der Waals surface area contributed by atoms with E-state index < -0.39 is 23.6 Å². The summed E-state index contributed by atoms with van der Waals surface area (Å²) in [7, 11) is 0. The van der Waals surface area contributed by atoms with E-state index in [-0.39, 0.29) is 43.4 Å². The molecule has 0 heterocycles. The third-order valence-electron chi connectivity index (χ3n) is 7.52. The zero-order valence-electron chi connectivity index (χ0n) is 18.7. The van der Waals surface area contributed by atoms with Crippen LogP contribution in [0.15, 0.2) is 48.5 Å². The van der Waals surface area contributed by atoms with E-state index in [0.717, 1.165) is 24.0 Å². The molecule has 3 aliphatic rings. The standard InChI is InChI=1S/C26H28N2O6/c29-22(23(30)31)9-10-27-24(32)26-12-15(26)11-16(13-26)28-25(33)34-14-21-19-7-3-1-5-17(19)18-6-2-4-8-20(18)21/h1-8,15-16,21-22,29H,9-14H2,(H,27,32)(H,28,33)(H,30,31)/t15-,16+,22?,26+/m1/s1. The Bertz CT molecular complexity index is 1090. The second-order valence-corrected chi connectivity index (χ2v) is 9.56. The number of aliphatic hydroxyl groups is 1. The first-order valence-electron chi connectivity index (χ1n) is 11.7. The summed E-state index contributed by atoms with van der Waals surface area (Å²) in [5, 5.41) is 23.7. The number of carbonyl (C=O) groups is 3. The molecule has 4 atom stereocenters. The Morgan fingerprint density at radius 2 is 1.68 bits per heavy atom. The fourth-order valence-electron chi connectivity index (χ4n) is 5.72. The van der Waals surface area contributed by atoms with Crippen molar-refractivity contribution in [1.29, 1.82) is 0 Å². The molecule has 2 aromatic rings. The molecule has 0 spiro atoms. The fourth-order valence-corrected chi connectivity index (χ4v) is 5.72. The van der Waals surface area contributed by atoms with E-state index in [9.17, 15) is 19.5 Å². The van der Waals surface area contributed by atoms with Crippen molar-refractivity contribution in [2.75, 3.05) is 13.2 Å². The summed E-state index contributed by atoms with van der Waals surface area (Å²) >= 11 is 0. The largest absolute Gasteiger partial charge is 0.479 e. The summed E-state index contributed by atoms with van der Waals surface area (Å²) in [4.78, 5) is 35.9. The summed E-state index contributed by atoms with van der Waals surface area (Å²) in [5.41, 5.74) is 4.15. The van der Waals surface area contributed by atoms with E-state index in [1.54, 1.807) is 0 Å². The molecule has 5 rings (SSSR count). The van der Waals surface area contributed by atoms with E-state index in [2.05, 4.69) is 34.9 Å². The van der Waals surface area contributed by atoms with Gasteiger partial charge in [-0.2, -0.15) is 0 Å². The molecule has 0 aliphatic heterocycles. The van der Waals surface area contributed by atoms with Gasteiger partial charge in [0.15, 0.2) is 6.10 Å². The first-order chi connectivity index (χ1) is 16.4. The van der Waals surface area contributed by atoms with Gasteiger partial charge in [-0.25, -0.2) is 9.59 Å². The molecule has 8 heteroatoms. The first-order valence-corrected chi connectivity index (χ1v) is 11.7. The van der Waals surface area contributed by atoms with Crippen molar-refractivity contribution in [1.82, 2.24) is 10.6 Å². The van der Waals surface area contributed by atoms with Gasteiger partial charge in [-0.1, -0.05) is 48.5 Å². The number of amides is 2. The number of nitrogens with one attached hydrogen (secondary N) is 2. The van der Waals surface area contributed by atoms with E-state index in [4.69, 9.17) is 9.84 Å². The summed E-state index contributed by atoms with van der Waals surface area (Å²) in [6, 6.07) is 16.2. The molecule has 0 aromatic heterocycles. The number of hydrogen-bond acceptors (Lipinski definition) is 5. The minimum Gasteiger partial charge on any atom is -0.479 e. The van der Waals surface area contributed by atoms with Crippen LogP contribution in [-0.4, -0.2) is 53.5 Å². The van der Waals surface area contributed by atoms with Crippen LogP contribution in [0.4, 0.5) is 4.79 Å². The molecule has 4 N–H and O–H groups in total. The van der Waals surface area contributed by atoms with Crippen molar-refractivity contribution in [3.05, 3.63) is 59.7 Å². The van der Waals surface area contributed by atoms with Crippen molar-refractivity contribution >= 4 is 18.0 Å². The minimum absolute atomic E-state index is 0.00611. The van der Waals surface area contributed by atoms with Crippen molar-refractivity contribution in [2.45, 2.75) is 43.7 Å². The number of benzene rings is 2. The van der Waals surface area contributed by atoms with Crippen LogP contribution in [0.1, 0.15) is 42.7 Å². The Balaban J connectivity index is 1.12. The average molecular weight is 465 g/mol. The summed E-state index contributed by atoms with van der Waals surface area (Å²) in [6.45, 7) is 0.346. The van der Waals surface area contributed by atoms with E-state index in [1.165, 1.54) is 11.1 Å². The number of aliphatic hydroxyl groups excluding tert-OH is 1. The second kappa shape index (κ2) is 8.76. The third-order valence-corrected chi connectivity index (χ3v) is 7.52. The monoisotopic (exact) mass is 464 g/mol. The van der Waals surface area contributed by atoms with Gasteiger partial charge in [0.1, 0.15) is 6.61 Å². The van der Waals surface area contributed by atoms with Crippen LogP contribution in [0.3, 0.4) is 0 Å². The zero-order valence-corrected chi connectivity index (χ0v) is 18.7. The summed E-state index contributed by atoms with van der Waals surface area (Å²) < 4.78 is 5.62. The number of carboxylic acid groups (broad SMARTS) is 1. The van der Waals surface area contributed by atoms with Crippen molar-refractivity contribution in [2.24, 2.45) is 11.3 Å². The van der Waals surface area contributed by atoms with E-state index in [1.807, 2.05) is 24.3 Å². The molecular formula is C26H28N2O6. The van der Waals surface area contributed by atoms with Gasteiger partial charge in [-0.15, -0.1) is 0 Å². The lowest BCUT2D eigenvalue weighted by molar-refractivity contribution is -0.147. The molecule has 178 valence electrons. The van der Waals surface area contributed by atoms with Gasteiger partial charge in [0.2, 0.25) is 5.91 Å². The molecule has 2 amide bonds. The number of ether oxygens (including phenoxy) is 1. The normalized spacial score (nSPS) is 25.0. The number of alkyl carbamates (subject to hydrolysis) is 1. The summed E-state index contributed by atoms with van der Waals surface area (Å²) in [6.07, 6.45) is 0.0180. The van der Waals surface area contributed by atoms with Crippen LogP contribution >= 0.6 is 0 Å². The minimum atomic E-state index is -1.49.